The van der Waals surface area contributed by atoms with Crippen LogP contribution in [0.4, 0.5) is 0 Å². The highest BCUT2D eigenvalue weighted by molar-refractivity contribution is 7.91. The second-order valence-electron chi connectivity index (χ2n) is 14.3. The molecule has 7 nitrogen and oxygen atoms in total. The van der Waals surface area contributed by atoms with Gasteiger partial charge in [-0.2, -0.15) is 4.31 Å². The molecule has 9 heteroatoms. The molecular formula is C41H49NO6SSi. The highest BCUT2D eigenvalue weighted by Gasteiger charge is 2.50. The number of nitrogens with zero attached hydrogens (tertiary/aromatic N) is 1. The third kappa shape index (κ3) is 7.37. The van der Waals surface area contributed by atoms with Gasteiger partial charge in [0.05, 0.1) is 13.7 Å². The molecule has 0 radical (unpaired) electrons. The molecule has 0 fully saturated rings. The van der Waals surface area contributed by atoms with E-state index in [0.717, 1.165) is 33.6 Å². The standard InChI is InChI=1S/C41H49NO6SSi/c1-31-29-33(32-23-25-42(26-24-32)49(44,45)41(5,6)39(43)46-7)21-22-38(31)34-15-14-16-35(30-34)47-27-28-48-50(40(2,3)4,36-17-10-8-11-18-36)37-19-12-9-13-20-37/h8-23,29-30H,24-28H2,1-7H3. The van der Waals surface area contributed by atoms with Crippen molar-refractivity contribution < 1.29 is 27.1 Å². The van der Waals surface area contributed by atoms with Crippen LogP contribution in [0.5, 0.6) is 5.75 Å². The maximum atomic E-state index is 13.2. The Kier molecular flexibility index (Phi) is 11.2. The van der Waals surface area contributed by atoms with Crippen LogP contribution in [0.25, 0.3) is 16.7 Å². The SMILES string of the molecule is COC(=O)C(C)(C)S(=O)(=O)N1CC=C(c2ccc(-c3cccc(OCCO[Si](c4ccccc4)(c4ccccc4)C(C)(C)C)c3)c(C)c2)CC1. The van der Waals surface area contributed by atoms with Gasteiger partial charge in [-0.1, -0.05) is 118 Å². The lowest BCUT2D eigenvalue weighted by Gasteiger charge is -2.43. The number of benzene rings is 4. The van der Waals surface area contributed by atoms with E-state index < -0.39 is 29.1 Å². The van der Waals surface area contributed by atoms with Crippen LogP contribution in [0.1, 0.15) is 52.2 Å². The zero-order chi connectivity index (χ0) is 36.2. The van der Waals surface area contributed by atoms with E-state index >= 15 is 0 Å². The summed E-state index contributed by atoms with van der Waals surface area (Å²) in [7, 11) is -5.32. The molecule has 1 heterocycles. The molecule has 0 N–H and O–H groups in total. The Morgan fingerprint density at radius 2 is 1.44 bits per heavy atom. The van der Waals surface area contributed by atoms with Crippen LogP contribution in [0.15, 0.2) is 109 Å². The molecule has 50 heavy (non-hydrogen) atoms. The van der Waals surface area contributed by atoms with Crippen molar-refractivity contribution >= 4 is 40.3 Å². The van der Waals surface area contributed by atoms with Crippen molar-refractivity contribution in [3.8, 4) is 16.9 Å². The number of rotatable bonds is 12. The van der Waals surface area contributed by atoms with E-state index in [2.05, 4.69) is 107 Å². The molecule has 4 aromatic carbocycles. The monoisotopic (exact) mass is 711 g/mol. The number of hydrogen-bond donors (Lipinski definition) is 0. The minimum absolute atomic E-state index is 0.106. The van der Waals surface area contributed by atoms with E-state index in [1.807, 2.05) is 30.3 Å². The number of methoxy groups -OCH3 is 1. The fourth-order valence-electron chi connectivity index (χ4n) is 6.86. The van der Waals surface area contributed by atoms with Gasteiger partial charge in [-0.3, -0.25) is 4.79 Å². The minimum Gasteiger partial charge on any atom is -0.491 e. The summed E-state index contributed by atoms with van der Waals surface area (Å²) in [6.45, 7) is 13.1. The zero-order valence-corrected chi connectivity index (χ0v) is 32.0. The van der Waals surface area contributed by atoms with Gasteiger partial charge in [-0.25, -0.2) is 8.42 Å². The second-order valence-corrected chi connectivity index (χ2v) is 21.1. The van der Waals surface area contributed by atoms with Crippen molar-refractivity contribution in [2.75, 3.05) is 33.4 Å². The maximum Gasteiger partial charge on any atom is 0.328 e. The molecule has 5 rings (SSSR count). The minimum atomic E-state index is -3.89. The lowest BCUT2D eigenvalue weighted by molar-refractivity contribution is -0.142. The summed E-state index contributed by atoms with van der Waals surface area (Å²) in [5, 5.41) is 2.38. The van der Waals surface area contributed by atoms with Crippen LogP contribution >= 0.6 is 0 Å². The third-order valence-corrected chi connectivity index (χ3v) is 17.2. The van der Waals surface area contributed by atoms with E-state index in [1.165, 1.54) is 35.6 Å². The first-order valence-corrected chi connectivity index (χ1v) is 20.4. The largest absolute Gasteiger partial charge is 0.491 e. The van der Waals surface area contributed by atoms with E-state index in [0.29, 0.717) is 26.2 Å². The van der Waals surface area contributed by atoms with Gasteiger partial charge in [0.25, 0.3) is 8.32 Å². The molecule has 0 aromatic heterocycles. The number of hydrogen-bond acceptors (Lipinski definition) is 6. The topological polar surface area (TPSA) is 82.1 Å². The number of esters is 1. The first-order chi connectivity index (χ1) is 23.7. The van der Waals surface area contributed by atoms with E-state index in [9.17, 15) is 13.2 Å². The molecular weight excluding hydrogens is 663 g/mol. The average Bonchev–Trinajstić information content (AvgIpc) is 3.11. The second kappa shape index (κ2) is 15.1. The Morgan fingerprint density at radius 1 is 0.800 bits per heavy atom. The summed E-state index contributed by atoms with van der Waals surface area (Å²) >= 11 is 0. The fourth-order valence-corrected chi connectivity index (χ4v) is 12.9. The molecule has 1 aliphatic heterocycles. The van der Waals surface area contributed by atoms with Gasteiger partial charge in [0.2, 0.25) is 10.0 Å². The quantitative estimate of drug-likeness (QED) is 0.0896. The number of ether oxygens (including phenoxy) is 2. The zero-order valence-electron chi connectivity index (χ0n) is 30.2. The van der Waals surface area contributed by atoms with Crippen molar-refractivity contribution in [1.82, 2.24) is 4.31 Å². The van der Waals surface area contributed by atoms with Crippen LogP contribution < -0.4 is 15.1 Å². The summed E-state index contributed by atoms with van der Waals surface area (Å²) < 4.78 is 44.2. The first kappa shape index (κ1) is 37.2. The summed E-state index contributed by atoms with van der Waals surface area (Å²) in [5.74, 6) is 0.0137. The lowest BCUT2D eigenvalue weighted by Crippen LogP contribution is -2.66. The Morgan fingerprint density at radius 3 is 1.98 bits per heavy atom. The van der Waals surface area contributed by atoms with Crippen molar-refractivity contribution in [1.29, 1.82) is 0 Å². The number of aryl methyl sites for hydroxylation is 1. The molecule has 0 amide bonds. The lowest BCUT2D eigenvalue weighted by atomic mass is 9.93. The van der Waals surface area contributed by atoms with Gasteiger partial charge >= 0.3 is 5.97 Å². The average molecular weight is 712 g/mol. The molecule has 0 atom stereocenters. The Bertz CT molecular complexity index is 1900. The fraction of sp³-hybridized carbons (Fsp3) is 0.341. The van der Waals surface area contributed by atoms with Crippen LogP contribution in [0.2, 0.25) is 5.04 Å². The van der Waals surface area contributed by atoms with Gasteiger partial charge in [-0.15, -0.1) is 0 Å². The molecule has 0 spiro atoms. The van der Waals surface area contributed by atoms with Gasteiger partial charge < -0.3 is 13.9 Å². The predicted molar refractivity (Wildman–Crippen MR) is 205 cm³/mol. The van der Waals surface area contributed by atoms with Gasteiger partial charge in [-0.05, 0) is 82.6 Å². The number of carbonyl (C=O) groups is 1. The summed E-state index contributed by atoms with van der Waals surface area (Å²) in [5.41, 5.74) is 5.41. The van der Waals surface area contributed by atoms with Crippen molar-refractivity contribution in [3.05, 3.63) is 120 Å². The molecule has 264 valence electrons. The molecule has 4 aromatic rings. The highest BCUT2D eigenvalue weighted by atomic mass is 32.2. The van der Waals surface area contributed by atoms with E-state index in [-0.39, 0.29) is 11.6 Å². The van der Waals surface area contributed by atoms with Crippen LogP contribution in [-0.2, 0) is 24.0 Å². The normalized spacial score (nSPS) is 14.6. The van der Waals surface area contributed by atoms with Crippen molar-refractivity contribution in [3.63, 3.8) is 0 Å². The Hall–Kier alpha value is -4.02. The Balaban J connectivity index is 1.27. The van der Waals surface area contributed by atoms with Gasteiger partial charge in [0.1, 0.15) is 12.4 Å². The third-order valence-electron chi connectivity index (χ3n) is 9.66. The van der Waals surface area contributed by atoms with Crippen molar-refractivity contribution in [2.24, 2.45) is 0 Å². The molecule has 0 aliphatic carbocycles. The summed E-state index contributed by atoms with van der Waals surface area (Å²) in [6.07, 6.45) is 2.49. The smallest absolute Gasteiger partial charge is 0.328 e. The molecule has 0 unspecified atom stereocenters. The van der Waals surface area contributed by atoms with Crippen LogP contribution in [-0.4, -0.2) is 65.2 Å². The van der Waals surface area contributed by atoms with Gasteiger partial charge in [0, 0.05) is 13.1 Å². The molecule has 1 aliphatic rings. The summed E-state index contributed by atoms with van der Waals surface area (Å²) in [4.78, 5) is 12.2. The highest BCUT2D eigenvalue weighted by Crippen LogP contribution is 2.37. The predicted octanol–water partition coefficient (Wildman–Crippen LogP) is 6.99. The van der Waals surface area contributed by atoms with Crippen LogP contribution in [0.3, 0.4) is 0 Å². The first-order valence-electron chi connectivity index (χ1n) is 17.1. The number of sulfonamides is 1. The van der Waals surface area contributed by atoms with E-state index in [1.54, 1.807) is 0 Å². The van der Waals surface area contributed by atoms with Crippen molar-refractivity contribution in [2.45, 2.75) is 57.7 Å². The van der Waals surface area contributed by atoms with Crippen LogP contribution in [0, 0.1) is 6.92 Å². The molecule has 0 bridgehead atoms. The van der Waals surface area contributed by atoms with Gasteiger partial charge in [0.15, 0.2) is 4.75 Å². The maximum absolute atomic E-state index is 13.2. The number of carbonyl (C=O) groups excluding carboxylic acids is 1. The Labute approximate surface area is 299 Å². The summed E-state index contributed by atoms with van der Waals surface area (Å²) in [6, 6.07) is 35.7. The molecule has 0 saturated carbocycles. The van der Waals surface area contributed by atoms with E-state index in [4.69, 9.17) is 13.9 Å². The molecule has 0 saturated heterocycles.